The van der Waals surface area contributed by atoms with Gasteiger partial charge in [-0.3, -0.25) is 9.59 Å². The van der Waals surface area contributed by atoms with Gasteiger partial charge >= 0.3 is 24.2 Å². The van der Waals surface area contributed by atoms with Gasteiger partial charge in [-0.05, 0) is 70.8 Å². The predicted molar refractivity (Wildman–Crippen MR) is 141 cm³/mol. The topological polar surface area (TPSA) is 105 Å². The second kappa shape index (κ2) is 11.9. The van der Waals surface area contributed by atoms with Crippen molar-refractivity contribution in [3.8, 4) is 11.1 Å². The lowest BCUT2D eigenvalue weighted by atomic mass is 9.92. The zero-order valence-electron chi connectivity index (χ0n) is 21.6. The number of anilines is 2. The first-order chi connectivity index (χ1) is 19.8. The summed E-state index contributed by atoms with van der Waals surface area (Å²) >= 11 is 0. The molecule has 0 aliphatic rings. The van der Waals surface area contributed by atoms with Gasteiger partial charge in [0.25, 0.3) is 0 Å². The molecule has 4 rings (SSSR count). The first kappa shape index (κ1) is 30.0. The molecule has 0 saturated carbocycles. The van der Waals surface area contributed by atoms with Crippen LogP contribution in [0.3, 0.4) is 0 Å². The van der Waals surface area contributed by atoms with E-state index in [0.29, 0.717) is 0 Å². The van der Waals surface area contributed by atoms with Gasteiger partial charge in [-0.15, -0.1) is 0 Å². The minimum Gasteiger partial charge on any atom is -0.399 e. The zero-order valence-corrected chi connectivity index (χ0v) is 21.6. The maximum absolute atomic E-state index is 14.5. The summed E-state index contributed by atoms with van der Waals surface area (Å²) in [6.45, 7) is 0. The molecule has 0 aliphatic carbocycles. The van der Waals surface area contributed by atoms with E-state index in [2.05, 4.69) is 9.47 Å². The highest BCUT2D eigenvalue weighted by Gasteiger charge is 2.40. The van der Waals surface area contributed by atoms with E-state index in [1.165, 1.54) is 48.5 Å². The quantitative estimate of drug-likeness (QED) is 0.132. The highest BCUT2D eigenvalue weighted by atomic mass is 19.3. The van der Waals surface area contributed by atoms with Crippen LogP contribution >= 0.6 is 0 Å². The van der Waals surface area contributed by atoms with Gasteiger partial charge in [0.15, 0.2) is 0 Å². The summed E-state index contributed by atoms with van der Waals surface area (Å²) in [4.78, 5) is 25.1. The van der Waals surface area contributed by atoms with Crippen LogP contribution in [0.5, 0.6) is 0 Å². The molecule has 4 aromatic rings. The van der Waals surface area contributed by atoms with Crippen molar-refractivity contribution < 1.29 is 45.4 Å². The third-order valence-electron chi connectivity index (χ3n) is 6.08. The Morgan fingerprint density at radius 2 is 0.952 bits per heavy atom. The Bertz CT molecular complexity index is 1520. The molecule has 12 heteroatoms. The molecule has 0 fully saturated rings. The van der Waals surface area contributed by atoms with Crippen LogP contribution in [0, 0.1) is 11.6 Å². The summed E-state index contributed by atoms with van der Waals surface area (Å²) in [5.41, 5.74) is 10.2. The second-order valence-corrected chi connectivity index (χ2v) is 9.13. The third-order valence-corrected chi connectivity index (χ3v) is 6.08. The Morgan fingerprint density at radius 1 is 0.595 bits per heavy atom. The van der Waals surface area contributed by atoms with Crippen molar-refractivity contribution in [2.75, 3.05) is 11.5 Å². The zero-order chi connectivity index (χ0) is 30.7. The molecule has 0 amide bonds. The summed E-state index contributed by atoms with van der Waals surface area (Å²) in [5.74, 6) is -5.43. The number of nitrogens with two attached hydrogens (primary N) is 2. The number of halogens is 6. The first-order valence-corrected chi connectivity index (χ1v) is 12.2. The average molecular weight is 589 g/mol. The van der Waals surface area contributed by atoms with Crippen LogP contribution in [0.4, 0.5) is 37.7 Å². The Kier molecular flexibility index (Phi) is 8.46. The van der Waals surface area contributed by atoms with Crippen molar-refractivity contribution in [1.29, 1.82) is 0 Å². The number of esters is 2. The minimum absolute atomic E-state index is 0.0698. The fourth-order valence-corrected chi connectivity index (χ4v) is 4.22. The van der Waals surface area contributed by atoms with E-state index in [0.717, 1.165) is 36.4 Å². The van der Waals surface area contributed by atoms with E-state index in [1.807, 2.05) is 0 Å². The van der Waals surface area contributed by atoms with Crippen molar-refractivity contribution in [2.24, 2.45) is 0 Å². The molecule has 0 unspecified atom stereocenters. The van der Waals surface area contributed by atoms with Gasteiger partial charge < -0.3 is 20.9 Å². The summed E-state index contributed by atoms with van der Waals surface area (Å²) in [7, 11) is 0. The van der Waals surface area contributed by atoms with Gasteiger partial charge in [-0.2, -0.15) is 17.6 Å². The van der Waals surface area contributed by atoms with E-state index in [9.17, 15) is 35.9 Å². The number of benzene rings is 4. The van der Waals surface area contributed by atoms with Crippen LogP contribution in [0.1, 0.15) is 22.3 Å². The van der Waals surface area contributed by atoms with Gasteiger partial charge in [0, 0.05) is 11.4 Å². The molecule has 0 radical (unpaired) electrons. The number of alkyl halides is 4. The number of hydrogen-bond acceptors (Lipinski definition) is 6. The molecule has 0 spiro atoms. The van der Waals surface area contributed by atoms with E-state index < -0.39 is 59.8 Å². The SMILES string of the molecule is Nc1ccc(-c2ccc(N)cc2CC(=O)OC(F)(F)c2ccccc2F)c(CC(=O)OC(F)(F)c2ccccc2F)c1. The lowest BCUT2D eigenvalue weighted by molar-refractivity contribution is -0.242. The molecule has 0 heterocycles. The van der Waals surface area contributed by atoms with Crippen LogP contribution in [0.2, 0.25) is 0 Å². The van der Waals surface area contributed by atoms with E-state index in [4.69, 9.17) is 11.5 Å². The first-order valence-electron chi connectivity index (χ1n) is 12.2. The van der Waals surface area contributed by atoms with Crippen LogP contribution in [0.25, 0.3) is 11.1 Å². The monoisotopic (exact) mass is 588 g/mol. The van der Waals surface area contributed by atoms with E-state index >= 15 is 0 Å². The molecule has 0 saturated heterocycles. The largest absolute Gasteiger partial charge is 0.431 e. The van der Waals surface area contributed by atoms with Crippen molar-refractivity contribution in [3.05, 3.63) is 119 Å². The fourth-order valence-electron chi connectivity index (χ4n) is 4.22. The van der Waals surface area contributed by atoms with Crippen molar-refractivity contribution in [2.45, 2.75) is 25.1 Å². The van der Waals surface area contributed by atoms with Gasteiger partial charge in [-0.1, -0.05) is 36.4 Å². The molecule has 4 N–H and O–H groups in total. The summed E-state index contributed by atoms with van der Waals surface area (Å²) in [6.07, 6.45) is -10.1. The average Bonchev–Trinajstić information content (AvgIpc) is 2.89. The number of rotatable bonds is 9. The van der Waals surface area contributed by atoms with Crippen LogP contribution in [0.15, 0.2) is 84.9 Å². The maximum atomic E-state index is 14.5. The second-order valence-electron chi connectivity index (χ2n) is 9.13. The molecular formula is C30H22F6N2O4. The lowest BCUT2D eigenvalue weighted by Crippen LogP contribution is -2.25. The highest BCUT2D eigenvalue weighted by molar-refractivity contribution is 5.84. The maximum Gasteiger partial charge on any atom is 0.431 e. The van der Waals surface area contributed by atoms with Crippen LogP contribution in [-0.2, 0) is 44.1 Å². The lowest BCUT2D eigenvalue weighted by Gasteiger charge is -2.20. The molecule has 4 aromatic carbocycles. The predicted octanol–water partition coefficient (Wildman–Crippen LogP) is 6.47. The number of hydrogen-bond donors (Lipinski definition) is 2. The van der Waals surface area contributed by atoms with Crippen LogP contribution < -0.4 is 11.5 Å². The molecule has 218 valence electrons. The van der Waals surface area contributed by atoms with Crippen molar-refractivity contribution in [1.82, 2.24) is 0 Å². The number of carbonyl (C=O) groups is 2. The molecule has 0 atom stereocenters. The fraction of sp³-hybridized carbons (Fsp3) is 0.133. The minimum atomic E-state index is -4.29. The standard InChI is InChI=1S/C30H22F6N2O4/c31-25-7-3-1-5-23(25)29(33,34)41-27(39)15-17-13-19(37)9-11-21(17)22-12-10-20(38)14-18(22)16-28(40)42-30(35,36)24-6-2-4-8-26(24)32/h1-14H,15-16,37-38H2. The highest BCUT2D eigenvalue weighted by Crippen LogP contribution is 2.36. The van der Waals surface area contributed by atoms with Crippen molar-refractivity contribution in [3.63, 3.8) is 0 Å². The van der Waals surface area contributed by atoms with Crippen molar-refractivity contribution >= 4 is 23.3 Å². The summed E-state index contributed by atoms with van der Waals surface area (Å²) in [5, 5.41) is 0. The van der Waals surface area contributed by atoms with Gasteiger partial charge in [-0.25, -0.2) is 8.78 Å². The third kappa shape index (κ3) is 6.82. The van der Waals surface area contributed by atoms with Crippen LogP contribution in [-0.4, -0.2) is 11.9 Å². The van der Waals surface area contributed by atoms with E-state index in [1.54, 1.807) is 0 Å². The molecule has 0 bridgehead atoms. The normalized spacial score (nSPS) is 11.7. The number of carbonyl (C=O) groups excluding carboxylic acids is 2. The number of ether oxygens (including phenoxy) is 2. The van der Waals surface area contributed by atoms with Gasteiger partial charge in [0.2, 0.25) is 0 Å². The summed E-state index contributed by atoms with van der Waals surface area (Å²) in [6, 6.07) is 16.0. The number of nitrogen functional groups attached to an aromatic ring is 2. The Morgan fingerprint density at radius 3 is 1.31 bits per heavy atom. The Labute approximate surface area is 235 Å². The Hall–Kier alpha value is -5.00. The molecular weight excluding hydrogens is 566 g/mol. The van der Waals surface area contributed by atoms with Gasteiger partial charge in [0.05, 0.1) is 12.8 Å². The molecule has 0 aromatic heterocycles. The molecule has 42 heavy (non-hydrogen) atoms. The summed E-state index contributed by atoms with van der Waals surface area (Å²) < 4.78 is 94.6. The smallest absolute Gasteiger partial charge is 0.399 e. The van der Waals surface area contributed by atoms with Gasteiger partial charge in [0.1, 0.15) is 22.8 Å². The van der Waals surface area contributed by atoms with E-state index in [-0.39, 0.29) is 33.6 Å². The molecule has 6 nitrogen and oxygen atoms in total. The molecule has 0 aliphatic heterocycles. The Balaban J connectivity index is 1.61.